The molecule has 2 aliphatic rings. The molecule has 66 valence electrons. The lowest BCUT2D eigenvalue weighted by Crippen LogP contribution is -2.11. The van der Waals surface area contributed by atoms with Crippen LogP contribution in [-0.4, -0.2) is 34.5 Å². The van der Waals surface area contributed by atoms with Crippen molar-refractivity contribution in [1.82, 2.24) is 0 Å². The van der Waals surface area contributed by atoms with Crippen molar-refractivity contribution in [1.29, 1.82) is 0 Å². The normalized spacial score (nSPS) is 24.7. The molecule has 6 heteroatoms. The van der Waals surface area contributed by atoms with Gasteiger partial charge in [-0.25, -0.2) is 19.8 Å². The Bertz CT molecular complexity index is 395. The molecule has 0 bridgehead atoms. The Morgan fingerprint density at radius 1 is 1.62 bits per heavy atom. The first-order chi connectivity index (χ1) is 6.18. The van der Waals surface area contributed by atoms with Crippen LogP contribution < -0.4 is 0 Å². The number of nitrogens with zero attached hydrogens (tertiary/aromatic N) is 3. The van der Waals surface area contributed by atoms with E-state index in [9.17, 15) is 4.79 Å². The average Bonchev–Trinajstić information content (AvgIpc) is 2.49. The molecule has 0 saturated carbocycles. The van der Waals surface area contributed by atoms with Gasteiger partial charge in [0.05, 0.1) is 0 Å². The van der Waals surface area contributed by atoms with Crippen LogP contribution in [0, 0.1) is 0 Å². The first-order valence-electron chi connectivity index (χ1n) is 3.46. The van der Waals surface area contributed by atoms with E-state index in [1.54, 1.807) is 0 Å². The van der Waals surface area contributed by atoms with Crippen LogP contribution in [0.4, 0.5) is 0 Å². The number of aliphatic carboxylic acids is 1. The second kappa shape index (κ2) is 2.77. The molecule has 0 aromatic rings. The van der Waals surface area contributed by atoms with Gasteiger partial charge in [0.25, 0.3) is 0 Å². The van der Waals surface area contributed by atoms with Crippen molar-refractivity contribution in [3.05, 3.63) is 11.6 Å². The van der Waals surface area contributed by atoms with Gasteiger partial charge < -0.3 is 5.11 Å². The smallest absolute Gasteiger partial charge is 0.354 e. The van der Waals surface area contributed by atoms with Crippen LogP contribution in [0.5, 0.6) is 0 Å². The number of rotatable bonds is 1. The molecule has 0 aliphatic carbocycles. The van der Waals surface area contributed by atoms with Crippen LogP contribution in [0.25, 0.3) is 0 Å². The molecule has 0 radical (unpaired) electrons. The number of hydrogen-bond acceptors (Lipinski definition) is 4. The maximum Gasteiger partial charge on any atom is 0.354 e. The van der Waals surface area contributed by atoms with Crippen LogP contribution >= 0.6 is 11.6 Å². The van der Waals surface area contributed by atoms with Gasteiger partial charge >= 0.3 is 5.97 Å². The number of carboxylic acids is 1. The zero-order valence-electron chi connectivity index (χ0n) is 6.31. The van der Waals surface area contributed by atoms with Crippen molar-refractivity contribution in [3.8, 4) is 0 Å². The molecule has 0 fully saturated rings. The largest absolute Gasteiger partial charge is 0.477 e. The van der Waals surface area contributed by atoms with Crippen LogP contribution in [0.3, 0.4) is 0 Å². The molecule has 1 N–H and O–H groups in total. The van der Waals surface area contributed by atoms with E-state index in [1.807, 2.05) is 0 Å². The Morgan fingerprint density at radius 3 is 3.00 bits per heavy atom. The first-order valence-corrected chi connectivity index (χ1v) is 3.84. The molecule has 2 rings (SSSR count). The summed E-state index contributed by atoms with van der Waals surface area (Å²) >= 11 is 5.71. The molecule has 0 saturated heterocycles. The minimum absolute atomic E-state index is 0.0348. The Kier molecular flexibility index (Phi) is 1.73. The highest BCUT2D eigenvalue weighted by atomic mass is 35.5. The standard InChI is InChI=1S/C7H4ClN3O2/c8-5-3-1-4(7(12)13)11-6(3)10-2-9-5/h1-2,6H,(H,12,13)/t6-/m0/s1. The summed E-state index contributed by atoms with van der Waals surface area (Å²) in [5.41, 5.74) is 0.508. The molecular formula is C7H4ClN3O2. The quantitative estimate of drug-likeness (QED) is 0.663. The highest BCUT2D eigenvalue weighted by molar-refractivity contribution is 6.71. The Balaban J connectivity index is 2.40. The molecule has 0 spiro atoms. The lowest BCUT2D eigenvalue weighted by molar-refractivity contribution is -0.129. The van der Waals surface area contributed by atoms with Gasteiger partial charge in [-0.2, -0.15) is 0 Å². The van der Waals surface area contributed by atoms with E-state index in [0.29, 0.717) is 5.57 Å². The van der Waals surface area contributed by atoms with Crippen molar-refractivity contribution < 1.29 is 9.90 Å². The minimum Gasteiger partial charge on any atom is -0.477 e. The van der Waals surface area contributed by atoms with Gasteiger partial charge in [0.1, 0.15) is 17.2 Å². The zero-order valence-corrected chi connectivity index (χ0v) is 7.06. The van der Waals surface area contributed by atoms with Crippen molar-refractivity contribution in [2.45, 2.75) is 6.17 Å². The predicted octanol–water partition coefficient (Wildman–Crippen LogP) is 0.457. The third kappa shape index (κ3) is 1.27. The molecular weight excluding hydrogens is 194 g/mol. The van der Waals surface area contributed by atoms with Gasteiger partial charge in [-0.05, 0) is 6.08 Å². The van der Waals surface area contributed by atoms with E-state index in [-0.39, 0.29) is 10.9 Å². The van der Waals surface area contributed by atoms with Crippen molar-refractivity contribution in [2.24, 2.45) is 15.0 Å². The monoisotopic (exact) mass is 197 g/mol. The lowest BCUT2D eigenvalue weighted by atomic mass is 10.2. The van der Waals surface area contributed by atoms with Crippen molar-refractivity contribution >= 4 is 34.8 Å². The number of carboxylic acid groups (broad SMARTS) is 1. The average molecular weight is 198 g/mol. The highest BCUT2D eigenvalue weighted by Crippen LogP contribution is 2.21. The fourth-order valence-corrected chi connectivity index (χ4v) is 1.27. The summed E-state index contributed by atoms with van der Waals surface area (Å²) in [5.74, 6) is -1.08. The van der Waals surface area contributed by atoms with Crippen LogP contribution in [-0.2, 0) is 4.79 Å². The number of halogens is 1. The summed E-state index contributed by atoms with van der Waals surface area (Å²) in [4.78, 5) is 21.9. The molecule has 0 aromatic heterocycles. The molecule has 0 aromatic carbocycles. The van der Waals surface area contributed by atoms with Gasteiger partial charge in [0, 0.05) is 5.57 Å². The Morgan fingerprint density at radius 2 is 2.38 bits per heavy atom. The van der Waals surface area contributed by atoms with E-state index in [4.69, 9.17) is 16.7 Å². The van der Waals surface area contributed by atoms with E-state index in [0.717, 1.165) is 0 Å². The summed E-state index contributed by atoms with van der Waals surface area (Å²) in [5, 5.41) is 8.89. The van der Waals surface area contributed by atoms with Gasteiger partial charge in [0.15, 0.2) is 6.17 Å². The molecule has 0 unspecified atom stereocenters. The Labute approximate surface area is 78.2 Å². The van der Waals surface area contributed by atoms with Crippen LogP contribution in [0.15, 0.2) is 26.6 Å². The fraction of sp³-hybridized carbons (Fsp3) is 0.143. The number of fused-ring (bicyclic) bond motifs is 1. The third-order valence-electron chi connectivity index (χ3n) is 1.67. The topological polar surface area (TPSA) is 74.4 Å². The second-order valence-electron chi connectivity index (χ2n) is 2.48. The lowest BCUT2D eigenvalue weighted by Gasteiger charge is -2.08. The van der Waals surface area contributed by atoms with Crippen LogP contribution in [0.2, 0.25) is 0 Å². The summed E-state index contributed by atoms with van der Waals surface area (Å²) in [7, 11) is 0. The SMILES string of the molecule is O=C(O)C1=N[C@@H]2N=CN=C(Cl)C2=C1. The van der Waals surface area contributed by atoms with E-state index in [1.165, 1.54) is 12.4 Å². The number of aliphatic imine (C=N–C) groups is 3. The highest BCUT2D eigenvalue weighted by Gasteiger charge is 2.27. The zero-order chi connectivity index (χ0) is 9.42. The molecule has 13 heavy (non-hydrogen) atoms. The minimum atomic E-state index is -1.08. The first kappa shape index (κ1) is 8.12. The van der Waals surface area contributed by atoms with Gasteiger partial charge in [0.2, 0.25) is 0 Å². The van der Waals surface area contributed by atoms with Gasteiger partial charge in [-0.3, -0.25) is 0 Å². The molecule has 2 heterocycles. The van der Waals surface area contributed by atoms with E-state index >= 15 is 0 Å². The molecule has 1 atom stereocenters. The van der Waals surface area contributed by atoms with Crippen LogP contribution in [0.1, 0.15) is 0 Å². The summed E-state index contributed by atoms with van der Waals surface area (Å²) < 4.78 is 0. The summed E-state index contributed by atoms with van der Waals surface area (Å²) in [6.07, 6.45) is 2.14. The predicted molar refractivity (Wildman–Crippen MR) is 48.7 cm³/mol. The van der Waals surface area contributed by atoms with Gasteiger partial charge in [-0.15, -0.1) is 0 Å². The third-order valence-corrected chi connectivity index (χ3v) is 1.98. The summed E-state index contributed by atoms with van der Waals surface area (Å²) in [6, 6.07) is 0. The molecule has 2 aliphatic heterocycles. The van der Waals surface area contributed by atoms with Crippen molar-refractivity contribution in [2.75, 3.05) is 0 Å². The van der Waals surface area contributed by atoms with E-state index in [2.05, 4.69) is 15.0 Å². The molecule has 0 amide bonds. The number of hydrogen-bond donors (Lipinski definition) is 1. The number of carbonyl (C=O) groups is 1. The van der Waals surface area contributed by atoms with Crippen molar-refractivity contribution in [3.63, 3.8) is 0 Å². The van der Waals surface area contributed by atoms with Gasteiger partial charge in [-0.1, -0.05) is 11.6 Å². The van der Waals surface area contributed by atoms with E-state index < -0.39 is 12.1 Å². The second-order valence-corrected chi connectivity index (χ2v) is 2.84. The summed E-state index contributed by atoms with van der Waals surface area (Å²) in [6.45, 7) is 0. The Hall–Kier alpha value is -1.49. The maximum atomic E-state index is 10.5. The molecule has 5 nitrogen and oxygen atoms in total. The fourth-order valence-electron chi connectivity index (χ4n) is 1.08. The maximum absolute atomic E-state index is 10.5.